The third-order valence-corrected chi connectivity index (χ3v) is 2.46. The summed E-state index contributed by atoms with van der Waals surface area (Å²) in [5.74, 6) is 0. The van der Waals surface area contributed by atoms with Gasteiger partial charge in [0.1, 0.15) is 0 Å². The number of hydrogen-bond donors (Lipinski definition) is 1. The fraction of sp³-hybridized carbons (Fsp3) is 0.364. The van der Waals surface area contributed by atoms with Gasteiger partial charge in [0, 0.05) is 18.9 Å². The van der Waals surface area contributed by atoms with Gasteiger partial charge >= 0.3 is 0 Å². The molecule has 1 aromatic carbocycles. The number of nitrogens with zero attached hydrogens (tertiary/aromatic N) is 2. The van der Waals surface area contributed by atoms with Crippen molar-refractivity contribution >= 4 is 10.9 Å². The lowest BCUT2D eigenvalue weighted by Crippen LogP contribution is -2.03. The van der Waals surface area contributed by atoms with Gasteiger partial charge in [0.15, 0.2) is 0 Å². The van der Waals surface area contributed by atoms with Crippen LogP contribution in [0.15, 0.2) is 18.2 Å². The zero-order chi connectivity index (χ0) is 10.1. The zero-order valence-electron chi connectivity index (χ0n) is 8.62. The molecule has 0 amide bonds. The third kappa shape index (κ3) is 1.40. The highest BCUT2D eigenvalue weighted by Gasteiger charge is 2.06. The molecule has 0 atom stereocenters. The van der Waals surface area contributed by atoms with Gasteiger partial charge < -0.3 is 5.73 Å². The SMILES string of the molecule is Cc1ccc2c(CCN)nn(C)c2c1. The monoisotopic (exact) mass is 189 g/mol. The van der Waals surface area contributed by atoms with E-state index >= 15 is 0 Å². The number of fused-ring (bicyclic) bond motifs is 1. The second kappa shape index (κ2) is 3.42. The van der Waals surface area contributed by atoms with Gasteiger partial charge in [0.2, 0.25) is 0 Å². The molecule has 0 saturated heterocycles. The van der Waals surface area contributed by atoms with Gasteiger partial charge in [0.25, 0.3) is 0 Å². The first-order valence-electron chi connectivity index (χ1n) is 4.84. The summed E-state index contributed by atoms with van der Waals surface area (Å²) in [6, 6.07) is 6.40. The highest BCUT2D eigenvalue weighted by molar-refractivity contribution is 5.82. The van der Waals surface area contributed by atoms with Crippen LogP contribution in [0.25, 0.3) is 10.9 Å². The second-order valence-electron chi connectivity index (χ2n) is 3.63. The minimum atomic E-state index is 0.653. The molecule has 0 radical (unpaired) electrons. The van der Waals surface area contributed by atoms with Crippen molar-refractivity contribution in [1.29, 1.82) is 0 Å². The van der Waals surface area contributed by atoms with E-state index in [0.717, 1.165) is 12.1 Å². The minimum absolute atomic E-state index is 0.653. The normalized spacial score (nSPS) is 11.1. The van der Waals surface area contributed by atoms with Crippen LogP contribution in [0.1, 0.15) is 11.3 Å². The second-order valence-corrected chi connectivity index (χ2v) is 3.63. The molecule has 0 aliphatic rings. The van der Waals surface area contributed by atoms with Gasteiger partial charge in [0.05, 0.1) is 11.2 Å². The van der Waals surface area contributed by atoms with E-state index in [1.165, 1.54) is 16.5 Å². The molecule has 3 heteroatoms. The summed E-state index contributed by atoms with van der Waals surface area (Å²) in [5, 5.41) is 5.68. The van der Waals surface area contributed by atoms with Crippen molar-refractivity contribution in [3.63, 3.8) is 0 Å². The van der Waals surface area contributed by atoms with Gasteiger partial charge in [-0.1, -0.05) is 12.1 Å². The van der Waals surface area contributed by atoms with E-state index < -0.39 is 0 Å². The summed E-state index contributed by atoms with van der Waals surface area (Å²) in [5.41, 5.74) is 9.10. The molecule has 14 heavy (non-hydrogen) atoms. The molecule has 0 bridgehead atoms. The average molecular weight is 189 g/mol. The maximum atomic E-state index is 5.54. The first-order valence-corrected chi connectivity index (χ1v) is 4.84. The third-order valence-electron chi connectivity index (χ3n) is 2.46. The molecule has 0 saturated carbocycles. The van der Waals surface area contributed by atoms with Crippen molar-refractivity contribution in [2.75, 3.05) is 6.54 Å². The van der Waals surface area contributed by atoms with Crippen LogP contribution in [0.4, 0.5) is 0 Å². The van der Waals surface area contributed by atoms with Gasteiger partial charge in [-0.15, -0.1) is 0 Å². The van der Waals surface area contributed by atoms with Crippen molar-refractivity contribution in [2.45, 2.75) is 13.3 Å². The van der Waals surface area contributed by atoms with Crippen LogP contribution in [0.5, 0.6) is 0 Å². The molecular formula is C11H15N3. The van der Waals surface area contributed by atoms with E-state index in [-0.39, 0.29) is 0 Å². The molecule has 0 aliphatic heterocycles. The van der Waals surface area contributed by atoms with Crippen LogP contribution in [0.3, 0.4) is 0 Å². The molecule has 2 rings (SSSR count). The summed E-state index contributed by atoms with van der Waals surface area (Å²) in [6.45, 7) is 2.75. The van der Waals surface area contributed by atoms with E-state index in [4.69, 9.17) is 5.73 Å². The standard InChI is InChI=1S/C11H15N3/c1-8-3-4-9-10(5-6-12)13-14(2)11(9)7-8/h3-4,7H,5-6,12H2,1-2H3. The number of aromatic nitrogens is 2. The molecular weight excluding hydrogens is 174 g/mol. The maximum Gasteiger partial charge on any atom is 0.0715 e. The number of benzene rings is 1. The van der Waals surface area contributed by atoms with Gasteiger partial charge in [-0.05, 0) is 25.1 Å². The summed E-state index contributed by atoms with van der Waals surface area (Å²) < 4.78 is 1.92. The predicted octanol–water partition coefficient (Wildman–Crippen LogP) is 1.38. The number of rotatable bonds is 2. The van der Waals surface area contributed by atoms with Crippen LogP contribution >= 0.6 is 0 Å². The molecule has 0 aliphatic carbocycles. The quantitative estimate of drug-likeness (QED) is 0.775. The Hall–Kier alpha value is -1.35. The lowest BCUT2D eigenvalue weighted by atomic mass is 10.1. The minimum Gasteiger partial charge on any atom is -0.330 e. The molecule has 74 valence electrons. The Morgan fingerprint density at radius 3 is 2.93 bits per heavy atom. The smallest absolute Gasteiger partial charge is 0.0715 e. The van der Waals surface area contributed by atoms with Crippen LogP contribution < -0.4 is 5.73 Å². The van der Waals surface area contributed by atoms with Crippen molar-refractivity contribution in [3.05, 3.63) is 29.5 Å². The van der Waals surface area contributed by atoms with Crippen molar-refractivity contribution in [2.24, 2.45) is 12.8 Å². The topological polar surface area (TPSA) is 43.8 Å². The first kappa shape index (κ1) is 9.21. The highest BCUT2D eigenvalue weighted by atomic mass is 15.3. The maximum absolute atomic E-state index is 5.54. The number of hydrogen-bond acceptors (Lipinski definition) is 2. The Bertz CT molecular complexity index is 457. The lowest BCUT2D eigenvalue weighted by Gasteiger charge is -1.95. The highest BCUT2D eigenvalue weighted by Crippen LogP contribution is 2.19. The summed E-state index contributed by atoms with van der Waals surface area (Å²) in [4.78, 5) is 0. The van der Waals surface area contributed by atoms with Crippen molar-refractivity contribution in [1.82, 2.24) is 9.78 Å². The van der Waals surface area contributed by atoms with Gasteiger partial charge in [-0.3, -0.25) is 4.68 Å². The van der Waals surface area contributed by atoms with E-state index in [0.29, 0.717) is 6.54 Å². The first-order chi connectivity index (χ1) is 6.72. The Morgan fingerprint density at radius 1 is 1.43 bits per heavy atom. The lowest BCUT2D eigenvalue weighted by molar-refractivity contribution is 0.760. The average Bonchev–Trinajstić information content (AvgIpc) is 2.44. The van der Waals surface area contributed by atoms with Crippen molar-refractivity contribution in [3.8, 4) is 0 Å². The van der Waals surface area contributed by atoms with E-state index in [9.17, 15) is 0 Å². The van der Waals surface area contributed by atoms with Crippen LogP contribution in [-0.4, -0.2) is 16.3 Å². The van der Waals surface area contributed by atoms with Gasteiger partial charge in [-0.25, -0.2) is 0 Å². The molecule has 3 nitrogen and oxygen atoms in total. The Kier molecular flexibility index (Phi) is 2.25. The van der Waals surface area contributed by atoms with Crippen molar-refractivity contribution < 1.29 is 0 Å². The van der Waals surface area contributed by atoms with E-state index in [2.05, 4.69) is 30.2 Å². The molecule has 0 unspecified atom stereocenters. The van der Waals surface area contributed by atoms with Crippen LogP contribution in [0, 0.1) is 6.92 Å². The number of nitrogens with two attached hydrogens (primary N) is 1. The largest absolute Gasteiger partial charge is 0.330 e. The molecule has 2 aromatic rings. The van der Waals surface area contributed by atoms with Crippen LogP contribution in [-0.2, 0) is 13.5 Å². The summed E-state index contributed by atoms with van der Waals surface area (Å²) in [7, 11) is 1.97. The molecule has 1 heterocycles. The molecule has 0 spiro atoms. The zero-order valence-corrected chi connectivity index (χ0v) is 8.62. The Balaban J connectivity index is 2.65. The summed E-state index contributed by atoms with van der Waals surface area (Å²) >= 11 is 0. The van der Waals surface area contributed by atoms with E-state index in [1.54, 1.807) is 0 Å². The Labute approximate surface area is 83.5 Å². The predicted molar refractivity (Wildman–Crippen MR) is 58.2 cm³/mol. The molecule has 2 N–H and O–H groups in total. The fourth-order valence-electron chi connectivity index (χ4n) is 1.76. The summed E-state index contributed by atoms with van der Waals surface area (Å²) in [6.07, 6.45) is 0.848. The Morgan fingerprint density at radius 2 is 2.21 bits per heavy atom. The molecule has 1 aromatic heterocycles. The van der Waals surface area contributed by atoms with E-state index in [1.807, 2.05) is 11.7 Å². The number of aryl methyl sites for hydroxylation is 2. The van der Waals surface area contributed by atoms with Crippen LogP contribution in [0.2, 0.25) is 0 Å². The van der Waals surface area contributed by atoms with Gasteiger partial charge in [-0.2, -0.15) is 5.10 Å². The molecule has 0 fully saturated rings. The fourth-order valence-corrected chi connectivity index (χ4v) is 1.76.